The van der Waals surface area contributed by atoms with Crippen LogP contribution in [0.15, 0.2) is 16.7 Å². The molecule has 2 amide bonds. The number of aryl methyl sites for hydroxylation is 1. The molecule has 0 fully saturated rings. The highest BCUT2D eigenvalue weighted by Crippen LogP contribution is 2.07. The Bertz CT molecular complexity index is 359. The first-order valence-electron chi connectivity index (χ1n) is 4.36. The van der Waals surface area contributed by atoms with E-state index in [0.29, 0.717) is 0 Å². The van der Waals surface area contributed by atoms with Crippen molar-refractivity contribution in [3.8, 4) is 0 Å². The number of carbonyl (C=O) groups excluding carboxylic acids is 2. The van der Waals surface area contributed by atoms with Crippen molar-refractivity contribution in [2.45, 2.75) is 6.92 Å². The number of nitrogens with one attached hydrogen (secondary N) is 1. The molecular weight excluding hydrogens is 200 g/mol. The molecule has 82 valence electrons. The van der Waals surface area contributed by atoms with Crippen LogP contribution in [0.25, 0.3) is 0 Å². The van der Waals surface area contributed by atoms with Crippen molar-refractivity contribution < 1.29 is 18.7 Å². The largest absolute Gasteiger partial charge is 0.459 e. The van der Waals surface area contributed by atoms with Gasteiger partial charge in [-0.2, -0.15) is 0 Å². The number of carbonyl (C=O) groups is 2. The summed E-state index contributed by atoms with van der Waals surface area (Å²) in [6.45, 7) is 2.00. The van der Waals surface area contributed by atoms with Gasteiger partial charge < -0.3 is 20.2 Å². The van der Waals surface area contributed by atoms with Crippen molar-refractivity contribution in [2.24, 2.45) is 5.73 Å². The summed E-state index contributed by atoms with van der Waals surface area (Å²) in [6, 6.07) is 1.69. The summed E-state index contributed by atoms with van der Waals surface area (Å²) in [5.74, 6) is -0.0837. The van der Waals surface area contributed by atoms with Gasteiger partial charge in [0, 0.05) is 5.56 Å². The lowest BCUT2D eigenvalue weighted by Gasteiger charge is -2.03. The Balaban J connectivity index is 2.31. The normalized spacial score (nSPS) is 9.67. The van der Waals surface area contributed by atoms with Crippen molar-refractivity contribution >= 4 is 12.0 Å². The maximum atomic E-state index is 11.4. The molecule has 0 aliphatic heterocycles. The highest BCUT2D eigenvalue weighted by Gasteiger charge is 2.11. The van der Waals surface area contributed by atoms with Gasteiger partial charge in [-0.05, 0) is 13.0 Å². The third-order valence-electron chi connectivity index (χ3n) is 1.70. The molecule has 6 heteroatoms. The second-order valence-electron chi connectivity index (χ2n) is 2.86. The predicted octanol–water partition coefficient (Wildman–Crippen LogP) is 0.413. The highest BCUT2D eigenvalue weighted by molar-refractivity contribution is 5.92. The van der Waals surface area contributed by atoms with Gasteiger partial charge in [0.1, 0.15) is 6.61 Å². The first kappa shape index (κ1) is 11.1. The van der Waals surface area contributed by atoms with Gasteiger partial charge in [-0.3, -0.25) is 4.79 Å². The van der Waals surface area contributed by atoms with E-state index in [9.17, 15) is 9.59 Å². The number of ether oxygens (including phenoxy) is 1. The van der Waals surface area contributed by atoms with Gasteiger partial charge in [0.25, 0.3) is 5.91 Å². The Hall–Kier alpha value is -1.98. The topological polar surface area (TPSA) is 94.6 Å². The first-order valence-corrected chi connectivity index (χ1v) is 4.36. The lowest BCUT2D eigenvalue weighted by atomic mass is 10.3. The maximum absolute atomic E-state index is 11.4. The van der Waals surface area contributed by atoms with Gasteiger partial charge in [0.2, 0.25) is 0 Å². The van der Waals surface area contributed by atoms with E-state index in [0.717, 1.165) is 5.56 Å². The minimum atomic E-state index is -0.863. The molecule has 0 spiro atoms. The van der Waals surface area contributed by atoms with Crippen LogP contribution < -0.4 is 11.1 Å². The van der Waals surface area contributed by atoms with Crippen LogP contribution >= 0.6 is 0 Å². The zero-order valence-electron chi connectivity index (χ0n) is 8.28. The van der Waals surface area contributed by atoms with Gasteiger partial charge in [-0.25, -0.2) is 4.79 Å². The summed E-state index contributed by atoms with van der Waals surface area (Å²) in [4.78, 5) is 21.6. The summed E-state index contributed by atoms with van der Waals surface area (Å²) in [5, 5.41) is 2.52. The smallest absolute Gasteiger partial charge is 0.404 e. The zero-order valence-corrected chi connectivity index (χ0v) is 8.28. The molecule has 0 unspecified atom stereocenters. The Labute approximate surface area is 86.4 Å². The SMILES string of the molecule is Cc1ccoc1C(=O)NCCOC(N)=O. The molecule has 1 heterocycles. The summed E-state index contributed by atoms with van der Waals surface area (Å²) in [7, 11) is 0. The second kappa shape index (κ2) is 5.04. The fourth-order valence-electron chi connectivity index (χ4n) is 1.00. The molecule has 0 aromatic carbocycles. The van der Waals surface area contributed by atoms with Gasteiger partial charge in [0.05, 0.1) is 12.8 Å². The maximum Gasteiger partial charge on any atom is 0.404 e. The third kappa shape index (κ3) is 3.34. The lowest BCUT2D eigenvalue weighted by molar-refractivity contribution is 0.0908. The molecule has 0 aliphatic carbocycles. The van der Waals surface area contributed by atoms with Crippen LogP contribution in [0.5, 0.6) is 0 Å². The average Bonchev–Trinajstić information content (AvgIpc) is 2.58. The van der Waals surface area contributed by atoms with Crippen LogP contribution in [-0.4, -0.2) is 25.2 Å². The molecule has 6 nitrogen and oxygen atoms in total. The van der Waals surface area contributed by atoms with Crippen molar-refractivity contribution in [2.75, 3.05) is 13.2 Å². The standard InChI is InChI=1S/C9H12N2O4/c1-6-2-4-14-7(6)8(12)11-3-5-15-9(10)13/h2,4H,3,5H2,1H3,(H2,10,13)(H,11,12). The van der Waals surface area contributed by atoms with Crippen molar-refractivity contribution in [3.63, 3.8) is 0 Å². The fraction of sp³-hybridized carbons (Fsp3) is 0.333. The number of amides is 2. The lowest BCUT2D eigenvalue weighted by Crippen LogP contribution is -2.29. The van der Waals surface area contributed by atoms with Crippen molar-refractivity contribution in [1.82, 2.24) is 5.32 Å². The summed E-state index contributed by atoms with van der Waals surface area (Å²) in [5.41, 5.74) is 5.49. The number of furan rings is 1. The van der Waals surface area contributed by atoms with Gasteiger partial charge >= 0.3 is 6.09 Å². The van der Waals surface area contributed by atoms with Crippen LogP contribution in [0.3, 0.4) is 0 Å². The summed E-state index contributed by atoms with van der Waals surface area (Å²) < 4.78 is 9.39. The van der Waals surface area contributed by atoms with Crippen LogP contribution in [0.1, 0.15) is 16.1 Å². The van der Waals surface area contributed by atoms with E-state index < -0.39 is 6.09 Å². The van der Waals surface area contributed by atoms with E-state index in [2.05, 4.69) is 10.1 Å². The molecule has 1 rings (SSSR count). The number of hydrogen-bond donors (Lipinski definition) is 2. The summed E-state index contributed by atoms with van der Waals surface area (Å²) in [6.07, 6.45) is 0.572. The Morgan fingerprint density at radius 2 is 2.33 bits per heavy atom. The third-order valence-corrected chi connectivity index (χ3v) is 1.70. The molecule has 0 saturated heterocycles. The van der Waals surface area contributed by atoms with Crippen LogP contribution in [0, 0.1) is 6.92 Å². The van der Waals surface area contributed by atoms with Crippen LogP contribution in [-0.2, 0) is 4.74 Å². The zero-order chi connectivity index (χ0) is 11.3. The van der Waals surface area contributed by atoms with E-state index in [1.54, 1.807) is 13.0 Å². The molecular formula is C9H12N2O4. The fourth-order valence-corrected chi connectivity index (χ4v) is 1.00. The molecule has 0 atom stereocenters. The van der Waals surface area contributed by atoms with E-state index in [1.165, 1.54) is 6.26 Å². The molecule has 15 heavy (non-hydrogen) atoms. The Morgan fingerprint density at radius 1 is 1.60 bits per heavy atom. The quantitative estimate of drug-likeness (QED) is 0.707. The van der Waals surface area contributed by atoms with E-state index in [-0.39, 0.29) is 24.8 Å². The molecule has 1 aromatic heterocycles. The molecule has 0 aliphatic rings. The van der Waals surface area contributed by atoms with E-state index in [1.807, 2.05) is 0 Å². The van der Waals surface area contributed by atoms with E-state index in [4.69, 9.17) is 10.2 Å². The minimum absolute atomic E-state index is 0.0425. The number of rotatable bonds is 4. The van der Waals surface area contributed by atoms with Crippen LogP contribution in [0.4, 0.5) is 4.79 Å². The van der Waals surface area contributed by atoms with Crippen molar-refractivity contribution in [3.05, 3.63) is 23.7 Å². The number of primary amides is 1. The average molecular weight is 212 g/mol. The molecule has 0 saturated carbocycles. The second-order valence-corrected chi connectivity index (χ2v) is 2.86. The van der Waals surface area contributed by atoms with E-state index >= 15 is 0 Å². The molecule has 1 aromatic rings. The van der Waals surface area contributed by atoms with Crippen LogP contribution in [0.2, 0.25) is 0 Å². The van der Waals surface area contributed by atoms with Crippen molar-refractivity contribution in [1.29, 1.82) is 0 Å². The highest BCUT2D eigenvalue weighted by atomic mass is 16.5. The van der Waals surface area contributed by atoms with Gasteiger partial charge in [0.15, 0.2) is 5.76 Å². The minimum Gasteiger partial charge on any atom is -0.459 e. The molecule has 0 bridgehead atoms. The number of hydrogen-bond acceptors (Lipinski definition) is 4. The Kier molecular flexibility index (Phi) is 3.73. The molecule has 0 radical (unpaired) electrons. The molecule has 3 N–H and O–H groups in total. The Morgan fingerprint density at radius 3 is 2.87 bits per heavy atom. The first-order chi connectivity index (χ1) is 7.11. The predicted molar refractivity (Wildman–Crippen MR) is 51.3 cm³/mol. The monoisotopic (exact) mass is 212 g/mol. The number of nitrogens with two attached hydrogens (primary N) is 1. The van der Waals surface area contributed by atoms with Gasteiger partial charge in [-0.15, -0.1) is 0 Å². The summed E-state index contributed by atoms with van der Waals surface area (Å²) >= 11 is 0. The van der Waals surface area contributed by atoms with Gasteiger partial charge in [-0.1, -0.05) is 0 Å².